The molecule has 8 heteroatoms. The van der Waals surface area contributed by atoms with Crippen molar-refractivity contribution in [2.75, 3.05) is 83.0 Å². The number of hydrogen-bond acceptors (Lipinski definition) is 7. The fourth-order valence-electron chi connectivity index (χ4n) is 4.53. The van der Waals surface area contributed by atoms with Gasteiger partial charge in [-0.25, -0.2) is 0 Å². The van der Waals surface area contributed by atoms with Gasteiger partial charge in [0.25, 0.3) is 5.69 Å². The monoisotopic (exact) mass is 468 g/mol. The third kappa shape index (κ3) is 7.08. The summed E-state index contributed by atoms with van der Waals surface area (Å²) < 4.78 is 0. The number of rotatable bonds is 7. The van der Waals surface area contributed by atoms with Gasteiger partial charge in [-0.2, -0.15) is 0 Å². The van der Waals surface area contributed by atoms with Crippen LogP contribution < -0.4 is 15.5 Å². The summed E-state index contributed by atoms with van der Waals surface area (Å²) >= 11 is 0. The number of nitrogens with two attached hydrogens (primary N) is 1. The number of likely N-dealkylation sites (N-methyl/N-ethyl adjacent to an activating group) is 2. The van der Waals surface area contributed by atoms with E-state index in [2.05, 4.69) is 45.8 Å². The molecule has 0 bridgehead atoms. The molecule has 2 N–H and O–H groups in total. The van der Waals surface area contributed by atoms with Crippen LogP contribution in [0.3, 0.4) is 0 Å². The van der Waals surface area contributed by atoms with Crippen molar-refractivity contribution in [3.8, 4) is 0 Å². The SMILES string of the molecule is CN(C)CCN1CCCc2ccc(N)cc21.CN(C)CCN1CCCc2ccc([N+](=O)[O-])cc21. The van der Waals surface area contributed by atoms with Gasteiger partial charge in [-0.1, -0.05) is 12.1 Å². The second-order valence-corrected chi connectivity index (χ2v) is 9.75. The Morgan fingerprint density at radius 1 is 0.853 bits per heavy atom. The van der Waals surface area contributed by atoms with E-state index in [0.29, 0.717) is 0 Å². The van der Waals surface area contributed by atoms with Gasteiger partial charge in [0.05, 0.1) is 4.92 Å². The fourth-order valence-corrected chi connectivity index (χ4v) is 4.53. The lowest BCUT2D eigenvalue weighted by atomic mass is 10.0. The number of nitrogen functional groups attached to an aromatic ring is 1. The standard InChI is InChI=1S/C13H19N3O2.C13H21N3/c1-14(2)8-9-15-7-3-4-11-5-6-12(16(17)18)10-13(11)15;1-15(2)8-9-16-7-3-4-11-5-6-12(14)10-13(11)16/h5-6,10H,3-4,7-9H2,1-2H3;5-6,10H,3-4,7-9,14H2,1-2H3. The minimum absolute atomic E-state index is 0.186. The van der Waals surface area contributed by atoms with Crippen molar-refractivity contribution in [2.45, 2.75) is 25.7 Å². The highest BCUT2D eigenvalue weighted by molar-refractivity contribution is 5.62. The number of aryl methyl sites for hydroxylation is 2. The minimum Gasteiger partial charge on any atom is -0.399 e. The third-order valence-corrected chi connectivity index (χ3v) is 6.45. The van der Waals surface area contributed by atoms with Crippen LogP contribution in [0.2, 0.25) is 0 Å². The Labute approximate surface area is 204 Å². The first-order chi connectivity index (χ1) is 16.2. The fraction of sp³-hybridized carbons (Fsp3) is 0.538. The van der Waals surface area contributed by atoms with Crippen LogP contribution in [-0.4, -0.2) is 82.2 Å². The molecule has 0 unspecified atom stereocenters. The summed E-state index contributed by atoms with van der Waals surface area (Å²) in [6, 6.07) is 11.5. The average Bonchev–Trinajstić information content (AvgIpc) is 2.81. The van der Waals surface area contributed by atoms with Crippen molar-refractivity contribution in [3.63, 3.8) is 0 Å². The van der Waals surface area contributed by atoms with Crippen LogP contribution in [-0.2, 0) is 12.8 Å². The quantitative estimate of drug-likeness (QED) is 0.378. The molecule has 4 rings (SSSR count). The first kappa shape index (κ1) is 25.8. The van der Waals surface area contributed by atoms with E-state index in [1.807, 2.05) is 26.2 Å². The minimum atomic E-state index is -0.320. The number of nitro groups is 1. The Kier molecular flexibility index (Phi) is 9.12. The Hall–Kier alpha value is -2.84. The Morgan fingerprint density at radius 2 is 1.35 bits per heavy atom. The maximum absolute atomic E-state index is 10.8. The molecule has 2 aromatic rings. The molecule has 0 aromatic heterocycles. The van der Waals surface area contributed by atoms with Gasteiger partial charge in [0.1, 0.15) is 0 Å². The summed E-state index contributed by atoms with van der Waals surface area (Å²) in [5.41, 5.74) is 12.0. The third-order valence-electron chi connectivity index (χ3n) is 6.45. The number of nitrogens with zero attached hydrogens (tertiary/aromatic N) is 5. The lowest BCUT2D eigenvalue weighted by molar-refractivity contribution is -0.384. The topological polar surface area (TPSA) is 82.1 Å². The zero-order valence-corrected chi connectivity index (χ0v) is 21.2. The van der Waals surface area contributed by atoms with Crippen molar-refractivity contribution in [3.05, 3.63) is 57.6 Å². The van der Waals surface area contributed by atoms with Crippen LogP contribution in [0.1, 0.15) is 24.0 Å². The second-order valence-electron chi connectivity index (χ2n) is 9.75. The molecule has 0 aliphatic carbocycles. The van der Waals surface area contributed by atoms with Gasteiger partial charge in [0, 0.05) is 68.5 Å². The van der Waals surface area contributed by atoms with Crippen LogP contribution in [0.15, 0.2) is 36.4 Å². The highest BCUT2D eigenvalue weighted by Crippen LogP contribution is 2.31. The second kappa shape index (κ2) is 12.0. The lowest BCUT2D eigenvalue weighted by Crippen LogP contribution is -2.35. The largest absolute Gasteiger partial charge is 0.399 e. The summed E-state index contributed by atoms with van der Waals surface area (Å²) in [5, 5.41) is 10.8. The van der Waals surface area contributed by atoms with E-state index in [1.165, 1.54) is 29.7 Å². The molecule has 0 spiro atoms. The number of fused-ring (bicyclic) bond motifs is 2. The van der Waals surface area contributed by atoms with Crippen LogP contribution in [0.25, 0.3) is 0 Å². The molecule has 0 amide bonds. The van der Waals surface area contributed by atoms with Crippen LogP contribution in [0.5, 0.6) is 0 Å². The molecule has 0 fully saturated rings. The van der Waals surface area contributed by atoms with Crippen molar-refractivity contribution in [1.82, 2.24) is 9.80 Å². The molecule has 0 saturated carbocycles. The molecule has 2 aromatic carbocycles. The van der Waals surface area contributed by atoms with Crippen molar-refractivity contribution < 1.29 is 4.92 Å². The van der Waals surface area contributed by atoms with Crippen LogP contribution >= 0.6 is 0 Å². The van der Waals surface area contributed by atoms with Crippen LogP contribution in [0.4, 0.5) is 22.7 Å². The number of benzene rings is 2. The lowest BCUT2D eigenvalue weighted by Gasteiger charge is -2.32. The van der Waals surface area contributed by atoms with Gasteiger partial charge in [-0.05, 0) is 77.1 Å². The maximum atomic E-state index is 10.8. The number of nitro benzene ring substituents is 1. The van der Waals surface area contributed by atoms with Crippen molar-refractivity contribution >= 4 is 22.7 Å². The summed E-state index contributed by atoms with van der Waals surface area (Å²) in [5.74, 6) is 0. The summed E-state index contributed by atoms with van der Waals surface area (Å²) in [6.07, 6.45) is 4.59. The predicted octanol–water partition coefficient (Wildman–Crippen LogP) is 3.49. The Bertz CT molecular complexity index is 962. The Balaban J connectivity index is 0.000000192. The van der Waals surface area contributed by atoms with Gasteiger partial charge >= 0.3 is 0 Å². The average molecular weight is 469 g/mol. The summed E-state index contributed by atoms with van der Waals surface area (Å²) in [4.78, 5) is 19.6. The molecule has 2 aliphatic rings. The zero-order chi connectivity index (χ0) is 24.7. The van der Waals surface area contributed by atoms with Gasteiger partial charge in [0.15, 0.2) is 0 Å². The van der Waals surface area contributed by atoms with Crippen molar-refractivity contribution in [1.29, 1.82) is 0 Å². The molecule has 0 radical (unpaired) electrons. The van der Waals surface area contributed by atoms with Crippen LogP contribution in [0, 0.1) is 10.1 Å². The van der Waals surface area contributed by atoms with E-state index in [0.717, 1.165) is 63.5 Å². The smallest absolute Gasteiger partial charge is 0.271 e. The molecule has 2 heterocycles. The van der Waals surface area contributed by atoms with E-state index in [9.17, 15) is 10.1 Å². The molecule has 34 heavy (non-hydrogen) atoms. The molecule has 186 valence electrons. The van der Waals surface area contributed by atoms with Gasteiger partial charge in [0.2, 0.25) is 0 Å². The normalized spacial score (nSPS) is 15.0. The zero-order valence-electron chi connectivity index (χ0n) is 21.2. The van der Waals surface area contributed by atoms with E-state index in [-0.39, 0.29) is 10.6 Å². The predicted molar refractivity (Wildman–Crippen MR) is 142 cm³/mol. The Morgan fingerprint density at radius 3 is 1.85 bits per heavy atom. The highest BCUT2D eigenvalue weighted by atomic mass is 16.6. The summed E-state index contributed by atoms with van der Waals surface area (Å²) in [7, 11) is 8.31. The molecule has 0 atom stereocenters. The molecular formula is C26H40N6O2. The first-order valence-corrected chi connectivity index (χ1v) is 12.2. The van der Waals surface area contributed by atoms with E-state index in [4.69, 9.17) is 5.73 Å². The first-order valence-electron chi connectivity index (χ1n) is 12.2. The van der Waals surface area contributed by atoms with Gasteiger partial charge < -0.3 is 25.3 Å². The van der Waals surface area contributed by atoms with Gasteiger partial charge in [-0.15, -0.1) is 0 Å². The molecule has 8 nitrogen and oxygen atoms in total. The van der Waals surface area contributed by atoms with Crippen molar-refractivity contribution in [2.24, 2.45) is 0 Å². The number of hydrogen-bond donors (Lipinski definition) is 1. The van der Waals surface area contributed by atoms with E-state index in [1.54, 1.807) is 12.1 Å². The summed E-state index contributed by atoms with van der Waals surface area (Å²) in [6.45, 7) is 6.20. The van der Waals surface area contributed by atoms with Gasteiger partial charge in [-0.3, -0.25) is 10.1 Å². The molecule has 2 aliphatic heterocycles. The highest BCUT2D eigenvalue weighted by Gasteiger charge is 2.20. The molecule has 0 saturated heterocycles. The van der Waals surface area contributed by atoms with E-state index < -0.39 is 0 Å². The van der Waals surface area contributed by atoms with E-state index >= 15 is 0 Å². The number of non-ortho nitro benzene ring substituents is 1. The number of anilines is 3. The molecular weight excluding hydrogens is 428 g/mol. The maximum Gasteiger partial charge on any atom is 0.271 e.